The van der Waals surface area contributed by atoms with Crippen LogP contribution in [0.4, 0.5) is 11.4 Å². The zero-order valence-electron chi connectivity index (χ0n) is 54.7. The predicted molar refractivity (Wildman–Crippen MR) is 365 cm³/mol. The summed E-state index contributed by atoms with van der Waals surface area (Å²) < 4.78 is 0. The molecule has 0 unspecified atom stereocenters. The van der Waals surface area contributed by atoms with Gasteiger partial charge in [-0.05, 0) is 100 Å². The molecule has 0 radical (unpaired) electrons. The van der Waals surface area contributed by atoms with Crippen LogP contribution in [0.5, 0.6) is 0 Å². The van der Waals surface area contributed by atoms with E-state index in [0.717, 1.165) is 62.7 Å². The van der Waals surface area contributed by atoms with Crippen LogP contribution in [-0.4, -0.2) is 11.4 Å². The summed E-state index contributed by atoms with van der Waals surface area (Å²) in [4.78, 5) is 11.1. The summed E-state index contributed by atoms with van der Waals surface area (Å²) in [6.07, 6.45) is 86.3. The van der Waals surface area contributed by atoms with E-state index in [4.69, 9.17) is 9.98 Å². The van der Waals surface area contributed by atoms with Crippen molar-refractivity contribution in [3.63, 3.8) is 0 Å². The van der Waals surface area contributed by atoms with Crippen molar-refractivity contribution in [2.24, 2.45) is 9.98 Å². The maximum Gasteiger partial charge on any atom is 0.0665 e. The Kier molecular flexibility index (Phi) is 59.3. The fourth-order valence-corrected chi connectivity index (χ4v) is 11.9. The second kappa shape index (κ2) is 62.5. The number of hydrogen-bond acceptors (Lipinski definition) is 2. The number of hydrogen-bond donors (Lipinski definition) is 0. The molecule has 0 saturated heterocycles. The maximum absolute atomic E-state index is 5.56. The van der Waals surface area contributed by atoms with Gasteiger partial charge in [0.05, 0.1) is 22.8 Å². The molecule has 0 aliphatic carbocycles. The van der Waals surface area contributed by atoms with Gasteiger partial charge in [-0.15, -0.1) is 0 Å². The van der Waals surface area contributed by atoms with E-state index in [1.165, 1.54) is 331 Å². The number of nitrogens with zero attached hydrogens (tertiary/aromatic N) is 2. The van der Waals surface area contributed by atoms with Crippen LogP contribution in [0, 0.1) is 0 Å². The van der Waals surface area contributed by atoms with Crippen molar-refractivity contribution in [1.82, 2.24) is 0 Å². The molecular weight excluding hydrogens is 1070 g/mol. The summed E-state index contributed by atoms with van der Waals surface area (Å²) in [6, 6.07) is 17.9. The summed E-state index contributed by atoms with van der Waals surface area (Å²) in [5.74, 6) is 0. The van der Waals surface area contributed by atoms with E-state index in [1.807, 2.05) is 0 Å². The molecule has 81 heavy (non-hydrogen) atoms. The SMILES string of the molecule is CCCCCCCCCCCCCCCCCCCCCCCC=CCCc1ccccc1N=C(CCCC)C(CCCCCC)=Nc1ccccc1CCC=CCCCCCCCCCCCCCCCCCCCCCCC.[Pd]. The standard InChI is InChI=1S/C78H136N2.Pd/c1-5-9-13-16-18-20-22-24-26-28-30-32-34-36-38-40-42-44-46-48-50-52-54-56-58-65-73-67-61-63-70-75(73)79-77(69-12-8-4)78(72-60-15-11-7-3)80-76-71-64-62-68-74(76)66-59-57-55-53-51-49-47-45-43-41-39-37-35-33-31-29-27-25-23-21-19-17-14-10-6-2;/h54-57,61-64,67-68,70-71H,5-53,58-60,65-66,69,72H2,1-4H3;. The molecule has 0 fully saturated rings. The van der Waals surface area contributed by atoms with Crippen molar-refractivity contribution in [1.29, 1.82) is 0 Å². The first-order valence-corrected chi connectivity index (χ1v) is 36.3. The molecule has 2 aromatic rings. The molecule has 3 heteroatoms. The summed E-state index contributed by atoms with van der Waals surface area (Å²) in [5, 5.41) is 0. The fraction of sp³-hybridized carbons (Fsp3) is 0.769. The largest absolute Gasteiger partial charge is 0.251 e. The summed E-state index contributed by atoms with van der Waals surface area (Å²) >= 11 is 0. The molecular formula is C78H136N2Pd. The zero-order valence-corrected chi connectivity index (χ0v) is 56.3. The minimum Gasteiger partial charge on any atom is -0.251 e. The molecule has 0 spiro atoms. The first kappa shape index (κ1) is 76.9. The van der Waals surface area contributed by atoms with Crippen molar-refractivity contribution in [2.45, 2.75) is 387 Å². The zero-order chi connectivity index (χ0) is 57.0. The topological polar surface area (TPSA) is 24.7 Å². The van der Waals surface area contributed by atoms with E-state index in [1.54, 1.807) is 0 Å². The molecule has 0 aliphatic rings. The van der Waals surface area contributed by atoms with Crippen molar-refractivity contribution in [2.75, 3.05) is 0 Å². The van der Waals surface area contributed by atoms with Gasteiger partial charge in [-0.25, -0.2) is 0 Å². The van der Waals surface area contributed by atoms with Gasteiger partial charge >= 0.3 is 0 Å². The quantitative estimate of drug-likeness (QED) is 0.0273. The smallest absolute Gasteiger partial charge is 0.0665 e. The third kappa shape index (κ3) is 48.8. The number of aryl methyl sites for hydroxylation is 2. The number of allylic oxidation sites excluding steroid dienone is 4. The minimum atomic E-state index is 0. The molecule has 0 heterocycles. The molecule has 0 N–H and O–H groups in total. The molecule has 0 bridgehead atoms. The Morgan fingerprint density at radius 2 is 0.481 bits per heavy atom. The van der Waals surface area contributed by atoms with Crippen molar-refractivity contribution in [3.05, 3.63) is 84.0 Å². The van der Waals surface area contributed by atoms with Gasteiger partial charge in [-0.3, -0.25) is 9.98 Å². The second-order valence-corrected chi connectivity index (χ2v) is 25.0. The van der Waals surface area contributed by atoms with Gasteiger partial charge in [-0.2, -0.15) is 0 Å². The number of benzene rings is 2. The molecule has 2 rings (SSSR count). The Morgan fingerprint density at radius 3 is 0.765 bits per heavy atom. The predicted octanol–water partition coefficient (Wildman–Crippen LogP) is 27.9. The van der Waals surface area contributed by atoms with Crippen LogP contribution in [0.1, 0.15) is 386 Å². The number of aliphatic imine (C=N–C) groups is 2. The van der Waals surface area contributed by atoms with Gasteiger partial charge in [0.15, 0.2) is 0 Å². The van der Waals surface area contributed by atoms with Gasteiger partial charge in [-0.1, -0.05) is 371 Å². The average Bonchev–Trinajstić information content (AvgIpc) is 3.49. The molecule has 0 amide bonds. The van der Waals surface area contributed by atoms with Gasteiger partial charge in [0.2, 0.25) is 0 Å². The second-order valence-electron chi connectivity index (χ2n) is 25.0. The van der Waals surface area contributed by atoms with Crippen LogP contribution in [0.3, 0.4) is 0 Å². The summed E-state index contributed by atoms with van der Waals surface area (Å²) in [7, 11) is 0. The number of para-hydroxylation sites is 2. The molecule has 2 nitrogen and oxygen atoms in total. The van der Waals surface area contributed by atoms with Crippen LogP contribution < -0.4 is 0 Å². The Labute approximate surface area is 521 Å². The van der Waals surface area contributed by atoms with Crippen molar-refractivity contribution < 1.29 is 20.4 Å². The summed E-state index contributed by atoms with van der Waals surface area (Å²) in [5.41, 5.74) is 7.45. The van der Waals surface area contributed by atoms with Crippen LogP contribution in [0.25, 0.3) is 0 Å². The number of rotatable bonds is 61. The van der Waals surface area contributed by atoms with Crippen LogP contribution in [0.2, 0.25) is 0 Å². The Balaban J connectivity index is 0.0000328. The third-order valence-corrected chi connectivity index (χ3v) is 17.3. The van der Waals surface area contributed by atoms with E-state index in [2.05, 4.69) is 101 Å². The number of unbranched alkanes of at least 4 members (excludes halogenated alkanes) is 46. The maximum atomic E-state index is 5.56. The average molecular weight is 1210 g/mol. The monoisotopic (exact) mass is 1210 g/mol. The molecule has 2 aromatic carbocycles. The van der Waals surface area contributed by atoms with Crippen LogP contribution in [0.15, 0.2) is 82.8 Å². The Morgan fingerprint density at radius 1 is 0.259 bits per heavy atom. The minimum absolute atomic E-state index is 0. The molecule has 0 aliphatic heterocycles. The van der Waals surface area contributed by atoms with Crippen molar-refractivity contribution in [3.8, 4) is 0 Å². The molecule has 468 valence electrons. The first-order chi connectivity index (χ1) is 39.7. The molecule has 0 saturated carbocycles. The Bertz CT molecular complexity index is 1720. The van der Waals surface area contributed by atoms with Gasteiger partial charge < -0.3 is 0 Å². The van der Waals surface area contributed by atoms with Gasteiger partial charge in [0, 0.05) is 20.4 Å². The summed E-state index contributed by atoms with van der Waals surface area (Å²) in [6.45, 7) is 9.24. The van der Waals surface area contributed by atoms with Gasteiger partial charge in [0.25, 0.3) is 0 Å². The van der Waals surface area contributed by atoms with Crippen LogP contribution >= 0.6 is 0 Å². The fourth-order valence-electron chi connectivity index (χ4n) is 11.9. The van der Waals surface area contributed by atoms with Crippen molar-refractivity contribution >= 4 is 22.8 Å². The molecule has 0 aromatic heterocycles. The van der Waals surface area contributed by atoms with E-state index in [0.29, 0.717) is 0 Å². The van der Waals surface area contributed by atoms with Gasteiger partial charge in [0.1, 0.15) is 0 Å². The van der Waals surface area contributed by atoms with E-state index in [-0.39, 0.29) is 20.4 Å². The van der Waals surface area contributed by atoms with E-state index >= 15 is 0 Å². The van der Waals surface area contributed by atoms with E-state index < -0.39 is 0 Å². The normalized spacial score (nSPS) is 12.2. The third-order valence-electron chi connectivity index (χ3n) is 17.3. The van der Waals surface area contributed by atoms with E-state index in [9.17, 15) is 0 Å². The first-order valence-electron chi connectivity index (χ1n) is 36.3. The Hall–Kier alpha value is -2.08. The van der Waals surface area contributed by atoms with Crippen LogP contribution in [-0.2, 0) is 33.3 Å². The molecule has 0 atom stereocenters.